The predicted octanol–water partition coefficient (Wildman–Crippen LogP) is 2.63. The average molecular weight is 509 g/mol. The number of benzene rings is 1. The van der Waals surface area contributed by atoms with Gasteiger partial charge in [-0.2, -0.15) is 0 Å². The van der Waals surface area contributed by atoms with Gasteiger partial charge in [-0.05, 0) is 19.1 Å². The molecule has 9 nitrogen and oxygen atoms in total. The summed E-state index contributed by atoms with van der Waals surface area (Å²) in [5, 5.41) is 15.5. The molecule has 0 saturated carbocycles. The molecule has 2 aliphatic heterocycles. The summed E-state index contributed by atoms with van der Waals surface area (Å²) in [4.78, 5) is 35.6. The number of aliphatic carboxylic acids is 1. The highest BCUT2D eigenvalue weighted by atomic mass is 35.5. The van der Waals surface area contributed by atoms with Gasteiger partial charge in [0.05, 0.1) is 25.9 Å². The second kappa shape index (κ2) is 9.79. The molecule has 4 rings (SSSR count). The number of ether oxygens (including phenoxy) is 2. The second-order valence-corrected chi connectivity index (χ2v) is 9.28. The average Bonchev–Trinajstić information content (AvgIpc) is 3.35. The molecular weight excluding hydrogens is 487 g/mol. The zero-order valence-electron chi connectivity index (χ0n) is 18.4. The molecule has 180 valence electrons. The van der Waals surface area contributed by atoms with Gasteiger partial charge in [0.25, 0.3) is 0 Å². The molecule has 0 amide bonds. The lowest BCUT2D eigenvalue weighted by molar-refractivity contribution is -0.161. The lowest BCUT2D eigenvalue weighted by Gasteiger charge is -2.42. The Hall–Kier alpha value is -2.86. The Morgan fingerprint density at radius 1 is 1.47 bits per heavy atom. The number of methoxy groups -OCH3 is 1. The van der Waals surface area contributed by atoms with Crippen molar-refractivity contribution in [2.45, 2.75) is 18.5 Å². The summed E-state index contributed by atoms with van der Waals surface area (Å²) in [5.41, 5.74) is -0.782. The Morgan fingerprint density at radius 2 is 2.26 bits per heavy atom. The number of carboxylic acids is 1. The van der Waals surface area contributed by atoms with Crippen LogP contribution in [0.3, 0.4) is 0 Å². The van der Waals surface area contributed by atoms with Crippen molar-refractivity contribution in [1.29, 1.82) is 0 Å². The number of thiazole rings is 1. The van der Waals surface area contributed by atoms with Crippen LogP contribution in [0, 0.1) is 5.82 Å². The number of carbonyl (C=O) groups excluding carboxylic acids is 1. The standard InChI is InChI=1S/C22H22ClFN4O5S/c1-22(21(30)31)11-33-7-6-28(22)10-15-16(20(29)32-2)17(13-4-3-12(23)9-14(13)24)27-18(26-15)19-25-5-8-34-19/h3-5,8-9,17H,6-7,10-11H2,1-2H3,(H,26,27)(H,30,31)/t17-,22?/m0/s1. The maximum absolute atomic E-state index is 15.0. The predicted molar refractivity (Wildman–Crippen MR) is 123 cm³/mol. The van der Waals surface area contributed by atoms with Crippen molar-refractivity contribution in [3.63, 3.8) is 0 Å². The van der Waals surface area contributed by atoms with Crippen LogP contribution in [-0.2, 0) is 19.1 Å². The molecule has 0 spiro atoms. The summed E-state index contributed by atoms with van der Waals surface area (Å²) in [6, 6.07) is 3.07. The Kier molecular flexibility index (Phi) is 6.99. The third-order valence-electron chi connectivity index (χ3n) is 5.82. The number of halogens is 2. The first-order chi connectivity index (χ1) is 16.2. The number of esters is 1. The summed E-state index contributed by atoms with van der Waals surface area (Å²) in [6.07, 6.45) is 1.60. The highest BCUT2D eigenvalue weighted by molar-refractivity contribution is 7.11. The SMILES string of the molecule is COC(=O)C1=C(CN2CCOCC2(C)C(=O)O)NC(c2nccs2)=N[C@H]1c1ccc(Cl)cc1F. The molecule has 0 radical (unpaired) electrons. The van der Waals surface area contributed by atoms with Crippen LogP contribution in [0.4, 0.5) is 4.39 Å². The number of nitrogens with one attached hydrogen (secondary N) is 1. The molecule has 0 aliphatic carbocycles. The molecular formula is C22H22ClFN4O5S. The molecule has 1 unspecified atom stereocenters. The highest BCUT2D eigenvalue weighted by Crippen LogP contribution is 2.36. The summed E-state index contributed by atoms with van der Waals surface area (Å²) in [7, 11) is 1.22. The Morgan fingerprint density at radius 3 is 2.91 bits per heavy atom. The zero-order valence-corrected chi connectivity index (χ0v) is 20.0. The number of aliphatic imine (C=N–C) groups is 1. The van der Waals surface area contributed by atoms with E-state index in [2.05, 4.69) is 15.3 Å². The molecule has 3 heterocycles. The Bertz CT molecular complexity index is 1170. The van der Waals surface area contributed by atoms with Gasteiger partial charge in [-0.25, -0.2) is 14.2 Å². The van der Waals surface area contributed by atoms with Gasteiger partial charge in [-0.15, -0.1) is 11.3 Å². The number of carboxylic acid groups (broad SMARTS) is 1. The number of hydrogen-bond donors (Lipinski definition) is 2. The maximum Gasteiger partial charge on any atom is 0.338 e. The van der Waals surface area contributed by atoms with Gasteiger partial charge in [0.15, 0.2) is 10.8 Å². The highest BCUT2D eigenvalue weighted by Gasteiger charge is 2.44. The van der Waals surface area contributed by atoms with Crippen molar-refractivity contribution in [2.24, 2.45) is 4.99 Å². The first-order valence-electron chi connectivity index (χ1n) is 10.3. The first kappa shape index (κ1) is 24.3. The minimum Gasteiger partial charge on any atom is -0.480 e. The maximum atomic E-state index is 15.0. The summed E-state index contributed by atoms with van der Waals surface area (Å²) in [5.74, 6) is -2.07. The van der Waals surface area contributed by atoms with Crippen molar-refractivity contribution in [2.75, 3.05) is 33.4 Å². The minimum absolute atomic E-state index is 0.0220. The zero-order chi connectivity index (χ0) is 24.5. The molecule has 2 aromatic rings. The first-order valence-corrected chi connectivity index (χ1v) is 11.6. The van der Waals surface area contributed by atoms with E-state index in [0.717, 1.165) is 6.07 Å². The van der Waals surface area contributed by atoms with Crippen molar-refractivity contribution >= 4 is 40.7 Å². The minimum atomic E-state index is -1.33. The monoisotopic (exact) mass is 508 g/mol. The normalized spacial score (nSPS) is 23.3. The van der Waals surface area contributed by atoms with Gasteiger partial charge in [0.1, 0.15) is 17.4 Å². The van der Waals surface area contributed by atoms with Crippen molar-refractivity contribution in [3.8, 4) is 0 Å². The molecule has 12 heteroatoms. The fraction of sp³-hybridized carbons (Fsp3) is 0.364. The van der Waals surface area contributed by atoms with Crippen LogP contribution in [0.5, 0.6) is 0 Å². The van der Waals surface area contributed by atoms with Gasteiger partial charge in [-0.3, -0.25) is 14.7 Å². The molecule has 1 saturated heterocycles. The number of hydrogen-bond acceptors (Lipinski definition) is 9. The van der Waals surface area contributed by atoms with E-state index in [1.54, 1.807) is 23.4 Å². The van der Waals surface area contributed by atoms with E-state index < -0.39 is 29.3 Å². The van der Waals surface area contributed by atoms with Crippen molar-refractivity contribution in [1.82, 2.24) is 15.2 Å². The van der Waals surface area contributed by atoms with E-state index in [1.165, 1.54) is 30.6 Å². The lowest BCUT2D eigenvalue weighted by Crippen LogP contribution is -2.61. The second-order valence-electron chi connectivity index (χ2n) is 7.95. The van der Waals surface area contributed by atoms with Crippen LogP contribution in [0.2, 0.25) is 5.02 Å². The third-order valence-corrected chi connectivity index (χ3v) is 6.83. The van der Waals surface area contributed by atoms with Gasteiger partial charge in [0.2, 0.25) is 0 Å². The summed E-state index contributed by atoms with van der Waals surface area (Å²) in [6.45, 7) is 2.21. The topological polar surface area (TPSA) is 113 Å². The van der Waals surface area contributed by atoms with Crippen LogP contribution in [0.25, 0.3) is 0 Å². The molecule has 0 bridgehead atoms. The van der Waals surface area contributed by atoms with Gasteiger partial charge < -0.3 is 19.9 Å². The van der Waals surface area contributed by atoms with E-state index in [0.29, 0.717) is 29.7 Å². The van der Waals surface area contributed by atoms with E-state index >= 15 is 0 Å². The number of aromatic nitrogens is 1. The van der Waals surface area contributed by atoms with Crippen molar-refractivity contribution in [3.05, 3.63) is 62.5 Å². The van der Waals surface area contributed by atoms with Gasteiger partial charge in [-0.1, -0.05) is 17.7 Å². The van der Waals surface area contributed by atoms with E-state index in [4.69, 9.17) is 21.1 Å². The van der Waals surface area contributed by atoms with E-state index in [1.807, 2.05) is 0 Å². The van der Waals surface area contributed by atoms with E-state index in [9.17, 15) is 19.1 Å². The molecule has 2 N–H and O–H groups in total. The number of carbonyl (C=O) groups is 2. The molecule has 2 atom stereocenters. The quantitative estimate of drug-likeness (QED) is 0.572. The number of rotatable bonds is 6. The summed E-state index contributed by atoms with van der Waals surface area (Å²) < 4.78 is 25.4. The third kappa shape index (κ3) is 4.56. The van der Waals surface area contributed by atoms with Gasteiger partial charge in [0, 0.05) is 40.9 Å². The Balaban J connectivity index is 1.85. The lowest BCUT2D eigenvalue weighted by atomic mass is 9.93. The van der Waals surface area contributed by atoms with Crippen LogP contribution < -0.4 is 5.32 Å². The summed E-state index contributed by atoms with van der Waals surface area (Å²) >= 11 is 7.25. The molecule has 1 aromatic heterocycles. The smallest absolute Gasteiger partial charge is 0.338 e. The number of morpholine rings is 1. The molecule has 34 heavy (non-hydrogen) atoms. The Labute approximate surface area is 203 Å². The largest absolute Gasteiger partial charge is 0.480 e. The molecule has 2 aliphatic rings. The molecule has 1 fully saturated rings. The molecule has 1 aromatic carbocycles. The number of nitrogens with zero attached hydrogens (tertiary/aromatic N) is 3. The van der Waals surface area contributed by atoms with Crippen LogP contribution in [-0.4, -0.2) is 71.7 Å². The number of amidine groups is 1. The van der Waals surface area contributed by atoms with Crippen LogP contribution in [0.1, 0.15) is 23.5 Å². The fourth-order valence-corrected chi connectivity index (χ4v) is 4.64. The van der Waals surface area contributed by atoms with Gasteiger partial charge >= 0.3 is 11.9 Å². The van der Waals surface area contributed by atoms with Crippen LogP contribution >= 0.6 is 22.9 Å². The van der Waals surface area contributed by atoms with Crippen LogP contribution in [0.15, 0.2) is 46.0 Å². The fourth-order valence-electron chi connectivity index (χ4n) is 3.89. The van der Waals surface area contributed by atoms with E-state index in [-0.39, 0.29) is 29.3 Å². The van der Waals surface area contributed by atoms with Crippen molar-refractivity contribution < 1.29 is 28.6 Å².